The molecule has 1 unspecified atom stereocenters. The van der Waals surface area contributed by atoms with E-state index in [1.54, 1.807) is 42.9 Å². The van der Waals surface area contributed by atoms with Gasteiger partial charge in [-0.05, 0) is 44.5 Å². The van der Waals surface area contributed by atoms with Crippen LogP contribution in [0, 0.1) is 0 Å². The summed E-state index contributed by atoms with van der Waals surface area (Å²) in [5, 5.41) is 11.4. The number of piperidine rings is 1. The van der Waals surface area contributed by atoms with Crippen molar-refractivity contribution in [3.05, 3.63) is 36.3 Å². The minimum Gasteiger partial charge on any atom is -0.378 e. The van der Waals surface area contributed by atoms with Crippen LogP contribution in [0.3, 0.4) is 0 Å². The summed E-state index contributed by atoms with van der Waals surface area (Å²) in [6.07, 6.45) is -0.884. The second-order valence-electron chi connectivity index (χ2n) is 9.80. The van der Waals surface area contributed by atoms with E-state index in [0.717, 1.165) is 32.6 Å². The minimum atomic E-state index is -4.35. The van der Waals surface area contributed by atoms with E-state index in [0.29, 0.717) is 40.8 Å². The lowest BCUT2D eigenvalue weighted by Crippen LogP contribution is -2.55. The van der Waals surface area contributed by atoms with Crippen molar-refractivity contribution in [2.45, 2.75) is 44.1 Å². The molecule has 4 aromatic heterocycles. The lowest BCUT2D eigenvalue weighted by Gasteiger charge is -2.43. The molecule has 14 heteroatoms. The summed E-state index contributed by atoms with van der Waals surface area (Å²) >= 11 is 0. The lowest BCUT2D eigenvalue weighted by molar-refractivity contribution is -0.128. The molecule has 3 N–H and O–H groups in total. The number of nitrogens with one attached hydrogen (secondary N) is 1. The Morgan fingerprint density at radius 3 is 2.66 bits per heavy atom. The van der Waals surface area contributed by atoms with Gasteiger partial charge in [-0.15, -0.1) is 5.10 Å². The van der Waals surface area contributed by atoms with Crippen molar-refractivity contribution in [3.63, 3.8) is 0 Å². The Hall–Kier alpha value is -3.52. The van der Waals surface area contributed by atoms with Crippen LogP contribution in [-0.2, 0) is 11.2 Å². The predicted octanol–water partition coefficient (Wildman–Crippen LogP) is 3.38. The van der Waals surface area contributed by atoms with Gasteiger partial charge in [0.25, 0.3) is 0 Å². The van der Waals surface area contributed by atoms with E-state index in [9.17, 15) is 17.6 Å². The Morgan fingerprint density at radius 1 is 1.21 bits per heavy atom. The van der Waals surface area contributed by atoms with Crippen molar-refractivity contribution in [2.75, 3.05) is 44.4 Å². The molecule has 2 aliphatic heterocycles. The summed E-state index contributed by atoms with van der Waals surface area (Å²) < 4.78 is 59.7. The molecule has 0 saturated carbocycles. The number of aromatic nitrogens is 6. The number of alkyl halides is 4. The van der Waals surface area contributed by atoms with Crippen molar-refractivity contribution in [3.8, 4) is 11.3 Å². The highest BCUT2D eigenvalue weighted by Gasteiger charge is 2.36. The zero-order valence-corrected chi connectivity index (χ0v) is 21.0. The van der Waals surface area contributed by atoms with Crippen molar-refractivity contribution < 1.29 is 22.3 Å². The average molecular weight is 536 g/mol. The van der Waals surface area contributed by atoms with Gasteiger partial charge in [0.05, 0.1) is 43.3 Å². The Bertz CT molecular complexity index is 1430. The number of halogens is 4. The van der Waals surface area contributed by atoms with E-state index in [1.807, 2.05) is 0 Å². The van der Waals surface area contributed by atoms with Gasteiger partial charge in [-0.2, -0.15) is 23.3 Å². The molecule has 6 heterocycles. The van der Waals surface area contributed by atoms with Gasteiger partial charge in [0.15, 0.2) is 11.5 Å². The van der Waals surface area contributed by atoms with Crippen molar-refractivity contribution >= 4 is 22.9 Å². The molecule has 1 atom stereocenters. The highest BCUT2D eigenvalue weighted by atomic mass is 19.4. The zero-order valence-electron chi connectivity index (χ0n) is 21.0. The van der Waals surface area contributed by atoms with Gasteiger partial charge >= 0.3 is 6.18 Å². The molecule has 0 amide bonds. The summed E-state index contributed by atoms with van der Waals surface area (Å²) in [6, 6.07) is 5.55. The second kappa shape index (κ2) is 9.98. The number of hydrogen-bond donors (Lipinski definition) is 2. The smallest absolute Gasteiger partial charge is 0.378 e. The summed E-state index contributed by atoms with van der Waals surface area (Å²) in [7, 11) is 1.69. The van der Waals surface area contributed by atoms with E-state index in [2.05, 4.69) is 30.4 Å². The highest BCUT2D eigenvalue weighted by Crippen LogP contribution is 2.30. The number of imidazole rings is 1. The number of fused-ring (bicyclic) bond motifs is 2. The van der Waals surface area contributed by atoms with Crippen LogP contribution in [0.2, 0.25) is 0 Å². The molecule has 2 aliphatic rings. The van der Waals surface area contributed by atoms with Crippen LogP contribution in [0.5, 0.6) is 0 Å². The van der Waals surface area contributed by atoms with Gasteiger partial charge in [0, 0.05) is 25.4 Å². The molecule has 0 radical (unpaired) electrons. The Kier molecular flexibility index (Phi) is 6.86. The molecule has 6 rings (SSSR count). The second-order valence-corrected chi connectivity index (χ2v) is 9.80. The topological polar surface area (TPSA) is 111 Å². The summed E-state index contributed by atoms with van der Waals surface area (Å²) in [6.45, 7) is 4.96. The first-order valence-electron chi connectivity index (χ1n) is 12.3. The molecular weight excluding hydrogens is 506 g/mol. The van der Waals surface area contributed by atoms with Gasteiger partial charge in [0.1, 0.15) is 11.2 Å². The first-order chi connectivity index (χ1) is 18.0. The number of nitrogens with zero attached hydrogens (tertiary/aromatic N) is 7. The molecule has 0 spiro atoms. The maximum absolute atomic E-state index is 13.6. The fourth-order valence-corrected chi connectivity index (χ4v) is 4.79. The molecule has 4 aromatic rings. The molecule has 38 heavy (non-hydrogen) atoms. The number of nitrogens with two attached hydrogens (primary N) is 1. The van der Waals surface area contributed by atoms with Gasteiger partial charge in [-0.1, -0.05) is 0 Å². The summed E-state index contributed by atoms with van der Waals surface area (Å²) in [5.41, 5.74) is 6.75. The number of anilines is 2. The van der Waals surface area contributed by atoms with Crippen LogP contribution in [0.1, 0.15) is 25.5 Å². The quantitative estimate of drug-likeness (QED) is 0.383. The van der Waals surface area contributed by atoms with Gasteiger partial charge in [-0.3, -0.25) is 4.90 Å². The number of rotatable bonds is 4. The number of hydrogen-bond acceptors (Lipinski definition) is 8. The maximum Gasteiger partial charge on any atom is 0.394 e. The largest absolute Gasteiger partial charge is 0.394 e. The van der Waals surface area contributed by atoms with Crippen LogP contribution >= 0.6 is 0 Å². The normalized spacial score (nSPS) is 20.8. The number of ether oxygens (including phenoxy) is 1. The van der Waals surface area contributed by atoms with E-state index >= 15 is 0 Å². The van der Waals surface area contributed by atoms with Crippen molar-refractivity contribution in [2.24, 2.45) is 0 Å². The predicted molar refractivity (Wildman–Crippen MR) is 134 cm³/mol. The standard InChI is InChI=1S/C15H13F3N8.C9H16FNO/c1-20-13-12-9(4-5-25(12)24-14(19)22-13)10-2-3-11-21-7-8(26(11)23-10)6-15(16,17)18;1-9(10)3-2-4-11(7-9)8-5-12-6-8/h2-5,7H,6H2,1H3,(H3,19,20,22,24);8H,2-7H2,1H3. The van der Waals surface area contributed by atoms with Crippen LogP contribution in [0.15, 0.2) is 30.6 Å². The van der Waals surface area contributed by atoms with Crippen LogP contribution in [-0.4, -0.2) is 85.3 Å². The third-order valence-electron chi connectivity index (χ3n) is 6.67. The first kappa shape index (κ1) is 26.1. The molecule has 10 nitrogen and oxygen atoms in total. The van der Waals surface area contributed by atoms with E-state index in [4.69, 9.17) is 10.5 Å². The molecule has 0 bridgehead atoms. The first-order valence-corrected chi connectivity index (χ1v) is 12.3. The Balaban J connectivity index is 0.000000204. The maximum atomic E-state index is 13.6. The third kappa shape index (κ3) is 5.50. The average Bonchev–Trinajstić information content (AvgIpc) is 3.40. The summed E-state index contributed by atoms with van der Waals surface area (Å²) in [4.78, 5) is 10.3. The lowest BCUT2D eigenvalue weighted by atomic mass is 9.95. The molecule has 0 aliphatic carbocycles. The fourth-order valence-electron chi connectivity index (χ4n) is 4.79. The monoisotopic (exact) mass is 535 g/mol. The highest BCUT2D eigenvalue weighted by molar-refractivity contribution is 5.87. The van der Waals surface area contributed by atoms with Crippen LogP contribution < -0.4 is 11.1 Å². The fraction of sp³-hybridized carbons (Fsp3) is 0.500. The van der Waals surface area contributed by atoms with E-state index in [1.165, 1.54) is 10.7 Å². The van der Waals surface area contributed by atoms with Crippen molar-refractivity contribution in [1.29, 1.82) is 0 Å². The third-order valence-corrected chi connectivity index (χ3v) is 6.67. The number of nitrogen functional groups attached to an aromatic ring is 1. The summed E-state index contributed by atoms with van der Waals surface area (Å²) in [5.74, 6) is 0.579. The van der Waals surface area contributed by atoms with Gasteiger partial charge in [-0.25, -0.2) is 18.4 Å². The number of likely N-dealkylation sites (tertiary alicyclic amines) is 1. The van der Waals surface area contributed by atoms with Crippen molar-refractivity contribution in [1.82, 2.24) is 34.1 Å². The minimum absolute atomic E-state index is 0.0350. The molecule has 0 aromatic carbocycles. The van der Waals surface area contributed by atoms with Gasteiger partial charge in [0.2, 0.25) is 5.95 Å². The Labute approximate surface area is 215 Å². The molecule has 204 valence electrons. The molecule has 2 saturated heterocycles. The Morgan fingerprint density at radius 2 is 2.00 bits per heavy atom. The van der Waals surface area contributed by atoms with Gasteiger partial charge < -0.3 is 15.8 Å². The van der Waals surface area contributed by atoms with E-state index < -0.39 is 18.3 Å². The van der Waals surface area contributed by atoms with Crippen LogP contribution in [0.4, 0.5) is 29.3 Å². The molecule has 2 fully saturated rings. The zero-order chi connectivity index (χ0) is 27.1. The van der Waals surface area contributed by atoms with E-state index in [-0.39, 0.29) is 11.6 Å². The SMILES string of the molecule is CC1(F)CCCN(C2COC2)C1.CNc1nc(N)nn2ccc(-c3ccc4ncc(CC(F)(F)F)n4n3)c12. The molecular formula is C24H29F4N9O. The van der Waals surface area contributed by atoms with Crippen LogP contribution in [0.25, 0.3) is 22.4 Å².